The number of pyridine rings is 1. The van der Waals surface area contributed by atoms with Crippen molar-refractivity contribution in [1.29, 1.82) is 0 Å². The zero-order valence-corrected chi connectivity index (χ0v) is 16.2. The van der Waals surface area contributed by atoms with Gasteiger partial charge >= 0.3 is 0 Å². The first-order chi connectivity index (χ1) is 13.9. The number of hydrogen-bond acceptors (Lipinski definition) is 7. The van der Waals surface area contributed by atoms with Crippen LogP contribution in [0.4, 0.5) is 11.6 Å². The van der Waals surface area contributed by atoms with Crippen LogP contribution in [0.5, 0.6) is 5.75 Å². The number of anilines is 2. The van der Waals surface area contributed by atoms with Gasteiger partial charge in [-0.15, -0.1) is 0 Å². The molecule has 3 N–H and O–H groups in total. The third-order valence-corrected chi connectivity index (χ3v) is 5.23. The van der Waals surface area contributed by atoms with Crippen molar-refractivity contribution >= 4 is 32.6 Å². The molecule has 0 aliphatic carbocycles. The molecule has 0 unspecified atom stereocenters. The molecule has 9 heteroatoms. The molecule has 0 spiro atoms. The van der Waals surface area contributed by atoms with E-state index in [1.807, 2.05) is 24.3 Å². The Labute approximate surface area is 167 Å². The van der Waals surface area contributed by atoms with Crippen LogP contribution in [-0.4, -0.2) is 30.5 Å². The highest BCUT2D eigenvalue weighted by molar-refractivity contribution is 7.89. The number of hydrogen-bond donors (Lipinski definition) is 2. The van der Waals surface area contributed by atoms with Crippen molar-refractivity contribution in [3.63, 3.8) is 0 Å². The third-order valence-electron chi connectivity index (χ3n) is 4.30. The Morgan fingerprint density at radius 2 is 1.83 bits per heavy atom. The van der Waals surface area contributed by atoms with Crippen molar-refractivity contribution in [3.05, 3.63) is 67.1 Å². The van der Waals surface area contributed by atoms with Crippen molar-refractivity contribution < 1.29 is 13.2 Å². The van der Waals surface area contributed by atoms with Crippen molar-refractivity contribution in [2.45, 2.75) is 4.90 Å². The second-order valence-electron chi connectivity index (χ2n) is 6.25. The number of nitrogens with two attached hydrogens (primary N) is 1. The zero-order valence-electron chi connectivity index (χ0n) is 15.4. The SMILES string of the molecule is COc1cc(-c2cccnc2)cc2cnc(Nc3ccc(S(N)(=O)=O)cc3)nc12. The predicted octanol–water partition coefficient (Wildman–Crippen LogP) is 3.09. The number of nitrogens with zero attached hydrogens (tertiary/aromatic N) is 3. The number of benzene rings is 2. The third kappa shape index (κ3) is 4.00. The monoisotopic (exact) mass is 407 g/mol. The lowest BCUT2D eigenvalue weighted by Crippen LogP contribution is -2.11. The Hall–Kier alpha value is -3.56. The molecule has 0 atom stereocenters. The molecule has 4 rings (SSSR count). The predicted molar refractivity (Wildman–Crippen MR) is 110 cm³/mol. The summed E-state index contributed by atoms with van der Waals surface area (Å²) >= 11 is 0. The maximum Gasteiger partial charge on any atom is 0.238 e. The van der Waals surface area contributed by atoms with Crippen molar-refractivity contribution in [1.82, 2.24) is 15.0 Å². The highest BCUT2D eigenvalue weighted by Crippen LogP contribution is 2.31. The first kappa shape index (κ1) is 18.8. The summed E-state index contributed by atoms with van der Waals surface area (Å²) in [4.78, 5) is 13.1. The smallest absolute Gasteiger partial charge is 0.238 e. The number of sulfonamides is 1. The highest BCUT2D eigenvalue weighted by atomic mass is 32.2. The number of ether oxygens (including phenoxy) is 1. The summed E-state index contributed by atoms with van der Waals surface area (Å²) in [6, 6.07) is 13.7. The minimum Gasteiger partial charge on any atom is -0.494 e. The van der Waals surface area contributed by atoms with Gasteiger partial charge in [0.2, 0.25) is 16.0 Å². The number of aromatic nitrogens is 3. The van der Waals surface area contributed by atoms with Gasteiger partial charge in [0.25, 0.3) is 0 Å². The summed E-state index contributed by atoms with van der Waals surface area (Å²) < 4.78 is 28.3. The van der Waals surface area contributed by atoms with Gasteiger partial charge in [-0.3, -0.25) is 4.98 Å². The molecule has 4 aromatic rings. The van der Waals surface area contributed by atoms with Crippen molar-refractivity contribution in [2.24, 2.45) is 5.14 Å². The molecule has 2 aromatic heterocycles. The standard InChI is InChI=1S/C20H17N5O3S/c1-28-18-10-14(13-3-2-8-22-11-13)9-15-12-23-20(25-19(15)18)24-16-4-6-17(7-5-16)29(21,26)27/h2-12H,1H3,(H2,21,26,27)(H,23,24,25). The van der Waals surface area contributed by atoms with Gasteiger partial charge in [0, 0.05) is 35.2 Å². The molecular weight excluding hydrogens is 390 g/mol. The number of fused-ring (bicyclic) bond motifs is 1. The van der Waals surface area contributed by atoms with Crippen LogP contribution < -0.4 is 15.2 Å². The van der Waals surface area contributed by atoms with Gasteiger partial charge in [0.15, 0.2) is 0 Å². The van der Waals surface area contributed by atoms with E-state index in [2.05, 4.69) is 20.3 Å². The quantitative estimate of drug-likeness (QED) is 0.521. The minimum absolute atomic E-state index is 0.0343. The Kier molecular flexibility index (Phi) is 4.83. The minimum atomic E-state index is -3.74. The van der Waals surface area contributed by atoms with Gasteiger partial charge in [-0.1, -0.05) is 6.07 Å². The topological polar surface area (TPSA) is 120 Å². The van der Waals surface area contributed by atoms with Crippen LogP contribution in [0.2, 0.25) is 0 Å². The van der Waals surface area contributed by atoms with Crippen molar-refractivity contribution in [3.8, 4) is 16.9 Å². The molecule has 0 aliphatic rings. The fraction of sp³-hybridized carbons (Fsp3) is 0.0500. The summed E-state index contributed by atoms with van der Waals surface area (Å²) in [6.45, 7) is 0. The highest BCUT2D eigenvalue weighted by Gasteiger charge is 2.11. The molecule has 2 aromatic carbocycles. The Morgan fingerprint density at radius 1 is 1.03 bits per heavy atom. The maximum absolute atomic E-state index is 11.4. The lowest BCUT2D eigenvalue weighted by atomic mass is 10.0. The van der Waals surface area contributed by atoms with E-state index in [1.54, 1.807) is 37.8 Å². The maximum atomic E-state index is 11.4. The van der Waals surface area contributed by atoms with E-state index in [-0.39, 0.29) is 4.90 Å². The van der Waals surface area contributed by atoms with E-state index in [1.165, 1.54) is 12.1 Å². The summed E-state index contributed by atoms with van der Waals surface area (Å²) in [5.41, 5.74) is 3.19. The summed E-state index contributed by atoms with van der Waals surface area (Å²) in [5, 5.41) is 8.98. The first-order valence-electron chi connectivity index (χ1n) is 8.59. The number of methoxy groups -OCH3 is 1. The van der Waals surface area contributed by atoms with E-state index in [9.17, 15) is 8.42 Å². The zero-order chi connectivity index (χ0) is 20.4. The van der Waals surface area contributed by atoms with Gasteiger partial charge in [-0.25, -0.2) is 23.5 Å². The number of rotatable bonds is 5. The first-order valence-corrected chi connectivity index (χ1v) is 10.1. The van der Waals surface area contributed by atoms with E-state index in [0.29, 0.717) is 22.9 Å². The van der Waals surface area contributed by atoms with E-state index in [0.717, 1.165) is 16.5 Å². The fourth-order valence-electron chi connectivity index (χ4n) is 2.89. The molecule has 8 nitrogen and oxygen atoms in total. The molecule has 0 radical (unpaired) electrons. The lowest BCUT2D eigenvalue weighted by Gasteiger charge is -2.11. The van der Waals surface area contributed by atoms with Crippen LogP contribution in [0.15, 0.2) is 72.0 Å². The van der Waals surface area contributed by atoms with Gasteiger partial charge in [-0.05, 0) is 48.0 Å². The van der Waals surface area contributed by atoms with E-state index < -0.39 is 10.0 Å². The van der Waals surface area contributed by atoms with E-state index in [4.69, 9.17) is 9.88 Å². The van der Waals surface area contributed by atoms with Gasteiger partial charge < -0.3 is 10.1 Å². The van der Waals surface area contributed by atoms with Crippen LogP contribution in [0.1, 0.15) is 0 Å². The summed E-state index contributed by atoms with van der Waals surface area (Å²) in [5.74, 6) is 0.963. The molecule has 2 heterocycles. The number of primary sulfonamides is 1. The van der Waals surface area contributed by atoms with E-state index >= 15 is 0 Å². The second kappa shape index (κ2) is 7.46. The Bertz CT molecular complexity index is 1280. The molecule has 29 heavy (non-hydrogen) atoms. The molecule has 0 bridgehead atoms. The molecule has 0 fully saturated rings. The van der Waals surface area contributed by atoms with Crippen LogP contribution in [0, 0.1) is 0 Å². The molecule has 0 aliphatic heterocycles. The van der Waals surface area contributed by atoms with Crippen LogP contribution in [0.25, 0.3) is 22.0 Å². The van der Waals surface area contributed by atoms with Gasteiger partial charge in [0.1, 0.15) is 11.3 Å². The summed E-state index contributed by atoms with van der Waals surface area (Å²) in [6.07, 6.45) is 5.20. The largest absolute Gasteiger partial charge is 0.494 e. The normalized spacial score (nSPS) is 11.4. The van der Waals surface area contributed by atoms with Crippen LogP contribution in [-0.2, 0) is 10.0 Å². The van der Waals surface area contributed by atoms with Crippen molar-refractivity contribution in [2.75, 3.05) is 12.4 Å². The Morgan fingerprint density at radius 3 is 2.48 bits per heavy atom. The second-order valence-corrected chi connectivity index (χ2v) is 7.81. The number of nitrogens with one attached hydrogen (secondary N) is 1. The molecule has 0 saturated carbocycles. The molecular formula is C20H17N5O3S. The van der Waals surface area contributed by atoms with Crippen LogP contribution >= 0.6 is 0 Å². The average Bonchev–Trinajstić information content (AvgIpc) is 2.73. The molecule has 0 saturated heterocycles. The molecule has 0 amide bonds. The lowest BCUT2D eigenvalue weighted by molar-refractivity contribution is 0.419. The fourth-order valence-corrected chi connectivity index (χ4v) is 3.40. The molecule has 146 valence electrons. The summed E-state index contributed by atoms with van der Waals surface area (Å²) in [7, 11) is -2.15. The average molecular weight is 407 g/mol. The van der Waals surface area contributed by atoms with Gasteiger partial charge in [0.05, 0.1) is 12.0 Å². The Balaban J connectivity index is 1.69. The van der Waals surface area contributed by atoms with Gasteiger partial charge in [-0.2, -0.15) is 0 Å². The van der Waals surface area contributed by atoms with Crippen LogP contribution in [0.3, 0.4) is 0 Å².